The van der Waals surface area contributed by atoms with Crippen LogP contribution in [0.5, 0.6) is 0 Å². The molecule has 0 aliphatic carbocycles. The Kier molecular flexibility index (Phi) is 3.00. The summed E-state index contributed by atoms with van der Waals surface area (Å²) in [4.78, 5) is 10.9. The van der Waals surface area contributed by atoms with Crippen LogP contribution in [0.15, 0.2) is 36.5 Å². The quantitative estimate of drug-likeness (QED) is 0.879. The van der Waals surface area contributed by atoms with E-state index in [1.165, 1.54) is 11.1 Å². The molecule has 2 aromatic rings. The number of carboxylic acid groups (broad SMARTS) is 1. The second kappa shape index (κ2) is 4.45. The van der Waals surface area contributed by atoms with Gasteiger partial charge in [-0.25, -0.2) is 4.79 Å². The lowest BCUT2D eigenvalue weighted by Crippen LogP contribution is -2.02. The van der Waals surface area contributed by atoms with Crippen LogP contribution < -0.4 is 0 Å². The molecule has 17 heavy (non-hydrogen) atoms. The highest BCUT2D eigenvalue weighted by Gasteiger charge is 2.10. The third-order valence-corrected chi connectivity index (χ3v) is 2.94. The van der Waals surface area contributed by atoms with Crippen LogP contribution in [0.2, 0.25) is 0 Å². The van der Waals surface area contributed by atoms with Crippen molar-refractivity contribution in [2.24, 2.45) is 7.05 Å². The zero-order chi connectivity index (χ0) is 12.4. The summed E-state index contributed by atoms with van der Waals surface area (Å²) in [6.07, 6.45) is 2.64. The Labute approximate surface area is 100 Å². The van der Waals surface area contributed by atoms with Crippen LogP contribution in [0.25, 0.3) is 0 Å². The first-order chi connectivity index (χ1) is 8.08. The molecule has 3 nitrogen and oxygen atoms in total. The molecular weight excluding hydrogens is 214 g/mol. The van der Waals surface area contributed by atoms with E-state index in [1.807, 2.05) is 18.3 Å². The van der Waals surface area contributed by atoms with Gasteiger partial charge in [0.15, 0.2) is 0 Å². The average Bonchev–Trinajstić information content (AvgIpc) is 2.63. The monoisotopic (exact) mass is 229 g/mol. The molecule has 0 fully saturated rings. The third kappa shape index (κ3) is 2.38. The molecule has 0 aliphatic heterocycles. The lowest BCUT2D eigenvalue weighted by Gasteiger charge is -2.02. The largest absolute Gasteiger partial charge is 0.477 e. The number of benzene rings is 1. The molecule has 0 aliphatic rings. The summed E-state index contributed by atoms with van der Waals surface area (Å²) in [7, 11) is 1.75. The van der Waals surface area contributed by atoms with Crippen molar-refractivity contribution in [2.45, 2.75) is 13.3 Å². The molecule has 1 heterocycles. The predicted octanol–water partition coefficient (Wildman–Crippen LogP) is 2.62. The van der Waals surface area contributed by atoms with Crippen molar-refractivity contribution in [3.8, 4) is 0 Å². The third-order valence-electron chi connectivity index (χ3n) is 2.94. The maximum absolute atomic E-state index is 10.9. The molecule has 0 saturated carbocycles. The topological polar surface area (TPSA) is 42.2 Å². The normalized spacial score (nSPS) is 10.5. The van der Waals surface area contributed by atoms with Crippen LogP contribution in [0, 0.1) is 6.92 Å². The van der Waals surface area contributed by atoms with Gasteiger partial charge in [-0.15, -0.1) is 0 Å². The van der Waals surface area contributed by atoms with Crippen LogP contribution in [0.3, 0.4) is 0 Å². The number of carboxylic acids is 1. The van der Waals surface area contributed by atoms with Crippen molar-refractivity contribution in [3.05, 3.63) is 58.9 Å². The van der Waals surface area contributed by atoms with Gasteiger partial charge in [0, 0.05) is 13.2 Å². The van der Waals surface area contributed by atoms with Gasteiger partial charge in [0.1, 0.15) is 5.69 Å². The van der Waals surface area contributed by atoms with E-state index in [2.05, 4.69) is 19.1 Å². The van der Waals surface area contributed by atoms with Gasteiger partial charge in [-0.3, -0.25) is 0 Å². The van der Waals surface area contributed by atoms with Gasteiger partial charge in [0.05, 0.1) is 0 Å². The second-order valence-electron chi connectivity index (χ2n) is 4.25. The molecule has 2 rings (SSSR count). The maximum Gasteiger partial charge on any atom is 0.352 e. The summed E-state index contributed by atoms with van der Waals surface area (Å²) in [5.41, 5.74) is 3.82. The summed E-state index contributed by atoms with van der Waals surface area (Å²) < 4.78 is 1.65. The van der Waals surface area contributed by atoms with Crippen LogP contribution >= 0.6 is 0 Å². The van der Waals surface area contributed by atoms with E-state index in [0.29, 0.717) is 5.69 Å². The van der Waals surface area contributed by atoms with Crippen LogP contribution in [-0.4, -0.2) is 15.6 Å². The number of hydrogen-bond donors (Lipinski definition) is 1. The van der Waals surface area contributed by atoms with Gasteiger partial charge in [0.2, 0.25) is 0 Å². The molecule has 0 radical (unpaired) electrons. The Hall–Kier alpha value is -2.03. The van der Waals surface area contributed by atoms with Gasteiger partial charge in [-0.1, -0.05) is 24.3 Å². The van der Waals surface area contributed by atoms with E-state index < -0.39 is 5.97 Å². The molecule has 1 N–H and O–H groups in total. The Morgan fingerprint density at radius 2 is 2.06 bits per heavy atom. The van der Waals surface area contributed by atoms with Crippen molar-refractivity contribution < 1.29 is 9.90 Å². The summed E-state index contributed by atoms with van der Waals surface area (Å²) in [6, 6.07) is 9.88. The molecule has 0 amide bonds. The van der Waals surface area contributed by atoms with E-state index in [0.717, 1.165) is 12.0 Å². The van der Waals surface area contributed by atoms with Crippen LogP contribution in [0.1, 0.15) is 27.2 Å². The van der Waals surface area contributed by atoms with Gasteiger partial charge < -0.3 is 9.67 Å². The zero-order valence-electron chi connectivity index (χ0n) is 9.97. The fraction of sp³-hybridized carbons (Fsp3) is 0.214. The fourth-order valence-corrected chi connectivity index (χ4v) is 1.97. The lowest BCUT2D eigenvalue weighted by atomic mass is 10.0. The molecule has 0 unspecified atom stereocenters. The summed E-state index contributed by atoms with van der Waals surface area (Å²) in [5, 5.41) is 8.98. The number of rotatable bonds is 3. The minimum absolute atomic E-state index is 0.327. The number of hydrogen-bond acceptors (Lipinski definition) is 1. The minimum Gasteiger partial charge on any atom is -0.477 e. The van der Waals surface area contributed by atoms with Crippen LogP contribution in [0.4, 0.5) is 0 Å². The van der Waals surface area contributed by atoms with Gasteiger partial charge in [-0.2, -0.15) is 0 Å². The number of aryl methyl sites for hydroxylation is 2. The SMILES string of the molecule is Cc1ccccc1Cc1cc(C(=O)O)n(C)c1. The standard InChI is InChI=1S/C14H15NO2/c1-10-5-3-4-6-12(10)7-11-8-13(14(16)17)15(2)9-11/h3-6,8-9H,7H2,1-2H3,(H,16,17). The Balaban J connectivity index is 2.28. The first-order valence-corrected chi connectivity index (χ1v) is 5.51. The van der Waals surface area contributed by atoms with Crippen molar-refractivity contribution in [2.75, 3.05) is 0 Å². The van der Waals surface area contributed by atoms with E-state index in [4.69, 9.17) is 5.11 Å². The molecular formula is C14H15NO2. The summed E-state index contributed by atoms with van der Waals surface area (Å²) in [6.45, 7) is 2.07. The highest BCUT2D eigenvalue weighted by Crippen LogP contribution is 2.15. The van der Waals surface area contributed by atoms with E-state index in [1.54, 1.807) is 17.7 Å². The Morgan fingerprint density at radius 1 is 1.35 bits per heavy atom. The zero-order valence-corrected chi connectivity index (χ0v) is 9.97. The lowest BCUT2D eigenvalue weighted by molar-refractivity contribution is 0.0686. The van der Waals surface area contributed by atoms with E-state index in [9.17, 15) is 4.79 Å². The molecule has 0 bridgehead atoms. The molecule has 0 spiro atoms. The highest BCUT2D eigenvalue weighted by molar-refractivity contribution is 5.86. The first kappa shape index (κ1) is 11.5. The van der Waals surface area contributed by atoms with Gasteiger partial charge >= 0.3 is 5.97 Å². The number of aromatic nitrogens is 1. The Morgan fingerprint density at radius 3 is 2.65 bits per heavy atom. The maximum atomic E-state index is 10.9. The number of carbonyl (C=O) groups is 1. The average molecular weight is 229 g/mol. The van der Waals surface area contributed by atoms with Gasteiger partial charge in [-0.05, 0) is 36.1 Å². The Bertz CT molecular complexity index is 555. The summed E-state index contributed by atoms with van der Waals surface area (Å²) in [5.74, 6) is -0.886. The van der Waals surface area contributed by atoms with Crippen molar-refractivity contribution >= 4 is 5.97 Å². The molecule has 3 heteroatoms. The predicted molar refractivity (Wildman–Crippen MR) is 66.4 cm³/mol. The first-order valence-electron chi connectivity index (χ1n) is 5.51. The van der Waals surface area contributed by atoms with E-state index in [-0.39, 0.29) is 0 Å². The highest BCUT2D eigenvalue weighted by atomic mass is 16.4. The minimum atomic E-state index is -0.886. The summed E-state index contributed by atoms with van der Waals surface area (Å²) >= 11 is 0. The number of aromatic carboxylic acids is 1. The second-order valence-corrected chi connectivity index (χ2v) is 4.25. The smallest absolute Gasteiger partial charge is 0.352 e. The fourth-order valence-electron chi connectivity index (χ4n) is 1.97. The molecule has 1 aromatic carbocycles. The number of nitrogens with zero attached hydrogens (tertiary/aromatic N) is 1. The van der Waals surface area contributed by atoms with Crippen molar-refractivity contribution in [1.29, 1.82) is 0 Å². The molecule has 88 valence electrons. The molecule has 1 aromatic heterocycles. The van der Waals surface area contributed by atoms with Crippen LogP contribution in [-0.2, 0) is 13.5 Å². The van der Waals surface area contributed by atoms with Crippen molar-refractivity contribution in [3.63, 3.8) is 0 Å². The van der Waals surface area contributed by atoms with E-state index >= 15 is 0 Å². The van der Waals surface area contributed by atoms with Crippen molar-refractivity contribution in [1.82, 2.24) is 4.57 Å². The molecule has 0 atom stereocenters. The van der Waals surface area contributed by atoms with Gasteiger partial charge in [0.25, 0.3) is 0 Å². The molecule has 0 saturated heterocycles.